The largest absolute Gasteiger partial charge is 0.463 e. The molecule has 0 unspecified atom stereocenters. The van der Waals surface area contributed by atoms with E-state index < -0.39 is 42.4 Å². The molecular formula is C13H21NO7. The van der Waals surface area contributed by atoms with Crippen molar-refractivity contribution in [1.82, 2.24) is 5.32 Å². The van der Waals surface area contributed by atoms with Crippen molar-refractivity contribution in [3.05, 3.63) is 0 Å². The Morgan fingerprint density at radius 3 is 2.29 bits per heavy atom. The fourth-order valence-corrected chi connectivity index (χ4v) is 2.29. The average Bonchev–Trinajstić information content (AvgIpc) is 2.35. The third-order valence-corrected chi connectivity index (χ3v) is 3.20. The highest BCUT2D eigenvalue weighted by Gasteiger charge is 2.45. The van der Waals surface area contributed by atoms with Crippen molar-refractivity contribution in [3.8, 4) is 0 Å². The topological polar surface area (TPSA) is 111 Å². The van der Waals surface area contributed by atoms with Crippen LogP contribution in [0.5, 0.6) is 0 Å². The van der Waals surface area contributed by atoms with Crippen molar-refractivity contribution >= 4 is 17.8 Å². The van der Waals surface area contributed by atoms with Crippen molar-refractivity contribution in [2.75, 3.05) is 6.61 Å². The molecule has 0 bridgehead atoms. The van der Waals surface area contributed by atoms with Gasteiger partial charge in [-0.25, -0.2) is 0 Å². The molecule has 0 radical (unpaired) electrons. The van der Waals surface area contributed by atoms with Gasteiger partial charge in [-0.2, -0.15) is 0 Å². The van der Waals surface area contributed by atoms with Gasteiger partial charge in [0.15, 0.2) is 6.29 Å². The Balaban J connectivity index is 2.86. The fourth-order valence-electron chi connectivity index (χ4n) is 2.29. The Kier molecular flexibility index (Phi) is 6.10. The Labute approximate surface area is 122 Å². The van der Waals surface area contributed by atoms with Crippen molar-refractivity contribution in [3.63, 3.8) is 0 Å². The number of hydrogen-bond donors (Lipinski definition) is 2. The lowest BCUT2D eigenvalue weighted by Crippen LogP contribution is -2.61. The first-order chi connectivity index (χ1) is 9.72. The molecule has 1 aliphatic heterocycles. The number of esters is 2. The second-order valence-electron chi connectivity index (χ2n) is 5.03. The summed E-state index contributed by atoms with van der Waals surface area (Å²) in [4.78, 5) is 33.3. The molecule has 1 aliphatic rings. The van der Waals surface area contributed by atoms with Gasteiger partial charge in [0.1, 0.15) is 18.8 Å². The number of hydrogen-bond acceptors (Lipinski definition) is 7. The Bertz CT molecular complexity index is 409. The van der Waals surface area contributed by atoms with Gasteiger partial charge in [-0.15, -0.1) is 0 Å². The molecule has 120 valence electrons. The molecule has 0 spiro atoms. The van der Waals surface area contributed by atoms with E-state index in [9.17, 15) is 19.5 Å². The highest BCUT2D eigenvalue weighted by Crippen LogP contribution is 2.28. The van der Waals surface area contributed by atoms with Crippen LogP contribution < -0.4 is 5.32 Å². The maximum absolute atomic E-state index is 11.2. The van der Waals surface area contributed by atoms with Gasteiger partial charge in [0.25, 0.3) is 0 Å². The standard InChI is InChI=1S/C13H21NO7/c1-6-11(14-7(2)15)13(18)21-10(5-19-8(3)16)12(6)20-9(4)17/h6,10-13,18H,5H2,1-4H3,(H,14,15)/t6-,10-,11-,12-,13-/m1/s1. The van der Waals surface area contributed by atoms with Crippen LogP contribution in [0, 0.1) is 5.92 Å². The van der Waals surface area contributed by atoms with Crippen molar-refractivity contribution < 1.29 is 33.7 Å². The highest BCUT2D eigenvalue weighted by atomic mass is 16.7. The zero-order valence-corrected chi connectivity index (χ0v) is 12.5. The van der Waals surface area contributed by atoms with Crippen LogP contribution in [0.25, 0.3) is 0 Å². The summed E-state index contributed by atoms with van der Waals surface area (Å²) in [6, 6.07) is -0.722. The molecule has 0 aromatic carbocycles. The number of carbonyl (C=O) groups is 3. The van der Waals surface area contributed by atoms with Crippen LogP contribution >= 0.6 is 0 Å². The Morgan fingerprint density at radius 2 is 1.81 bits per heavy atom. The maximum atomic E-state index is 11.2. The molecular weight excluding hydrogens is 282 g/mol. The van der Waals surface area contributed by atoms with Gasteiger partial charge >= 0.3 is 11.9 Å². The third-order valence-electron chi connectivity index (χ3n) is 3.20. The molecule has 8 heteroatoms. The molecule has 5 atom stereocenters. The first-order valence-electron chi connectivity index (χ1n) is 6.63. The number of aliphatic hydroxyl groups is 1. The Morgan fingerprint density at radius 1 is 1.19 bits per heavy atom. The highest BCUT2D eigenvalue weighted by molar-refractivity contribution is 5.73. The summed E-state index contributed by atoms with van der Waals surface area (Å²) < 4.78 is 15.4. The van der Waals surface area contributed by atoms with Crippen LogP contribution in [-0.2, 0) is 28.6 Å². The predicted octanol–water partition coefficient (Wildman–Crippen LogP) is -0.661. The summed E-state index contributed by atoms with van der Waals surface area (Å²) in [5.41, 5.74) is 0. The first-order valence-corrected chi connectivity index (χ1v) is 6.63. The smallest absolute Gasteiger partial charge is 0.303 e. The minimum absolute atomic E-state index is 0.151. The second kappa shape index (κ2) is 7.37. The quantitative estimate of drug-likeness (QED) is 0.663. The molecule has 8 nitrogen and oxygen atoms in total. The molecule has 0 aliphatic carbocycles. The molecule has 1 fully saturated rings. The number of aliphatic hydroxyl groups excluding tert-OH is 1. The van der Waals surface area contributed by atoms with E-state index in [1.54, 1.807) is 6.92 Å². The van der Waals surface area contributed by atoms with Crippen LogP contribution in [0.15, 0.2) is 0 Å². The SMILES string of the molecule is CC(=O)N[C@@H]1[C@@H](C)[C@@H](OC(C)=O)[C@@H](COC(C)=O)O[C@H]1O. The van der Waals surface area contributed by atoms with Crippen molar-refractivity contribution in [2.24, 2.45) is 5.92 Å². The minimum Gasteiger partial charge on any atom is -0.463 e. The van der Waals surface area contributed by atoms with Crippen molar-refractivity contribution in [2.45, 2.75) is 52.2 Å². The summed E-state index contributed by atoms with van der Waals surface area (Å²) in [7, 11) is 0. The summed E-state index contributed by atoms with van der Waals surface area (Å²) >= 11 is 0. The van der Waals surface area contributed by atoms with Gasteiger partial charge in [0, 0.05) is 26.7 Å². The minimum atomic E-state index is -1.28. The molecule has 1 saturated heterocycles. The molecule has 0 aromatic rings. The molecule has 21 heavy (non-hydrogen) atoms. The van der Waals surface area contributed by atoms with E-state index in [0.29, 0.717) is 0 Å². The lowest BCUT2D eigenvalue weighted by Gasteiger charge is -2.43. The van der Waals surface area contributed by atoms with Gasteiger partial charge in [-0.05, 0) is 0 Å². The number of ether oxygens (including phenoxy) is 3. The molecule has 0 saturated carbocycles. The van der Waals surface area contributed by atoms with Gasteiger partial charge in [0.05, 0.1) is 6.04 Å². The molecule has 2 N–H and O–H groups in total. The van der Waals surface area contributed by atoms with E-state index in [0.717, 1.165) is 0 Å². The number of carbonyl (C=O) groups excluding carboxylic acids is 3. The van der Waals surface area contributed by atoms with E-state index >= 15 is 0 Å². The maximum Gasteiger partial charge on any atom is 0.303 e. The van der Waals surface area contributed by atoms with E-state index in [4.69, 9.17) is 14.2 Å². The predicted molar refractivity (Wildman–Crippen MR) is 69.8 cm³/mol. The van der Waals surface area contributed by atoms with Crippen LogP contribution in [0.2, 0.25) is 0 Å². The van der Waals surface area contributed by atoms with Crippen LogP contribution in [0.1, 0.15) is 27.7 Å². The zero-order chi connectivity index (χ0) is 16.2. The summed E-state index contributed by atoms with van der Waals surface area (Å²) in [6.07, 6.45) is -2.83. The molecule has 0 aromatic heterocycles. The summed E-state index contributed by atoms with van der Waals surface area (Å²) in [5, 5.41) is 12.5. The van der Waals surface area contributed by atoms with Crippen molar-refractivity contribution in [1.29, 1.82) is 0 Å². The lowest BCUT2D eigenvalue weighted by molar-refractivity contribution is -0.246. The van der Waals surface area contributed by atoms with Crippen LogP contribution in [0.3, 0.4) is 0 Å². The number of amides is 1. The number of rotatable bonds is 4. The normalized spacial score (nSPS) is 32.1. The molecule has 1 heterocycles. The fraction of sp³-hybridized carbons (Fsp3) is 0.769. The monoisotopic (exact) mass is 303 g/mol. The lowest BCUT2D eigenvalue weighted by atomic mass is 9.88. The second-order valence-corrected chi connectivity index (χ2v) is 5.03. The van der Waals surface area contributed by atoms with E-state index in [2.05, 4.69) is 5.32 Å². The number of nitrogens with one attached hydrogen (secondary N) is 1. The van der Waals surface area contributed by atoms with Gasteiger partial charge in [0.2, 0.25) is 5.91 Å². The van der Waals surface area contributed by atoms with Gasteiger partial charge in [-0.3, -0.25) is 14.4 Å². The summed E-state index contributed by atoms with van der Waals surface area (Å²) in [5.74, 6) is -1.79. The zero-order valence-electron chi connectivity index (χ0n) is 12.5. The van der Waals surface area contributed by atoms with Crippen LogP contribution in [-0.4, -0.2) is 54.1 Å². The molecule has 1 rings (SSSR count). The van der Waals surface area contributed by atoms with Gasteiger partial charge < -0.3 is 24.6 Å². The average molecular weight is 303 g/mol. The summed E-state index contributed by atoms with van der Waals surface area (Å²) in [6.45, 7) is 5.35. The third kappa shape index (κ3) is 4.98. The molecule has 1 amide bonds. The Hall–Kier alpha value is -1.67. The van der Waals surface area contributed by atoms with E-state index in [-0.39, 0.29) is 12.5 Å². The van der Waals surface area contributed by atoms with E-state index in [1.807, 2.05) is 0 Å². The van der Waals surface area contributed by atoms with E-state index in [1.165, 1.54) is 20.8 Å². The first kappa shape index (κ1) is 17.4. The van der Waals surface area contributed by atoms with Gasteiger partial charge in [-0.1, -0.05) is 6.92 Å². The van der Waals surface area contributed by atoms with Crippen LogP contribution in [0.4, 0.5) is 0 Å².